The van der Waals surface area contributed by atoms with Crippen molar-refractivity contribution in [2.75, 3.05) is 20.1 Å². The fourth-order valence-corrected chi connectivity index (χ4v) is 3.30. The summed E-state index contributed by atoms with van der Waals surface area (Å²) in [7, 11) is 1.90. The zero-order valence-electron chi connectivity index (χ0n) is 14.3. The van der Waals surface area contributed by atoms with E-state index < -0.39 is 0 Å². The Morgan fingerprint density at radius 2 is 1.88 bits per heavy atom. The Hall–Kier alpha value is -1.85. The summed E-state index contributed by atoms with van der Waals surface area (Å²) in [5.74, 6) is 0.0693. The van der Waals surface area contributed by atoms with E-state index in [1.54, 1.807) is 0 Å². The second kappa shape index (κ2) is 6.95. The zero-order valence-corrected chi connectivity index (χ0v) is 15.1. The van der Waals surface area contributed by atoms with Crippen LogP contribution in [0.25, 0.3) is 5.69 Å². The molecule has 5 nitrogen and oxygen atoms in total. The molecule has 0 atom stereocenters. The molecule has 1 amide bonds. The van der Waals surface area contributed by atoms with Gasteiger partial charge in [-0.25, -0.2) is 4.68 Å². The Morgan fingerprint density at radius 3 is 2.42 bits per heavy atom. The maximum atomic E-state index is 12.7. The number of amides is 1. The van der Waals surface area contributed by atoms with Gasteiger partial charge in [-0.15, -0.1) is 0 Å². The summed E-state index contributed by atoms with van der Waals surface area (Å²) in [6.07, 6.45) is 2.01. The van der Waals surface area contributed by atoms with Crippen molar-refractivity contribution < 1.29 is 4.79 Å². The normalized spacial score (nSPS) is 15.5. The predicted molar refractivity (Wildman–Crippen MR) is 96.0 cm³/mol. The van der Waals surface area contributed by atoms with Crippen LogP contribution >= 0.6 is 11.6 Å². The first-order valence-corrected chi connectivity index (χ1v) is 8.67. The van der Waals surface area contributed by atoms with Gasteiger partial charge in [0.1, 0.15) is 0 Å². The molecule has 1 fully saturated rings. The first-order valence-electron chi connectivity index (χ1n) is 8.29. The van der Waals surface area contributed by atoms with Gasteiger partial charge in [0.2, 0.25) is 0 Å². The van der Waals surface area contributed by atoms with Crippen molar-refractivity contribution in [3.05, 3.63) is 46.2 Å². The Bertz CT molecular complexity index is 732. The molecular formula is C18H23ClN4O. The molecule has 1 aromatic carbocycles. The molecule has 0 radical (unpaired) electrons. The van der Waals surface area contributed by atoms with E-state index in [9.17, 15) is 4.79 Å². The Balaban J connectivity index is 1.78. The van der Waals surface area contributed by atoms with Crippen molar-refractivity contribution in [3.8, 4) is 5.69 Å². The van der Waals surface area contributed by atoms with Gasteiger partial charge in [-0.1, -0.05) is 11.6 Å². The molecule has 1 aliphatic rings. The number of halogens is 1. The fraction of sp³-hybridized carbons (Fsp3) is 0.444. The van der Waals surface area contributed by atoms with Crippen molar-refractivity contribution in [1.29, 1.82) is 0 Å². The SMILES string of the molecule is Cc1nn(-c2ccc(C(=O)N(C)C3CCNCC3)cc2)c(C)c1Cl. The fourth-order valence-electron chi connectivity index (χ4n) is 3.18. The maximum Gasteiger partial charge on any atom is 0.253 e. The maximum absolute atomic E-state index is 12.7. The molecule has 0 aliphatic carbocycles. The lowest BCUT2D eigenvalue weighted by atomic mass is 10.0. The van der Waals surface area contributed by atoms with Crippen LogP contribution in [0, 0.1) is 13.8 Å². The van der Waals surface area contributed by atoms with E-state index in [1.807, 2.05) is 54.7 Å². The zero-order chi connectivity index (χ0) is 17.3. The highest BCUT2D eigenvalue weighted by atomic mass is 35.5. The van der Waals surface area contributed by atoms with E-state index in [1.165, 1.54) is 0 Å². The summed E-state index contributed by atoms with van der Waals surface area (Å²) >= 11 is 6.21. The highest BCUT2D eigenvalue weighted by molar-refractivity contribution is 6.31. The van der Waals surface area contributed by atoms with Crippen LogP contribution in [0.15, 0.2) is 24.3 Å². The summed E-state index contributed by atoms with van der Waals surface area (Å²) in [5.41, 5.74) is 3.32. The second-order valence-electron chi connectivity index (χ2n) is 6.34. The van der Waals surface area contributed by atoms with Gasteiger partial charge in [0, 0.05) is 18.7 Å². The van der Waals surface area contributed by atoms with E-state index in [4.69, 9.17) is 11.6 Å². The molecule has 24 heavy (non-hydrogen) atoms. The van der Waals surface area contributed by atoms with Gasteiger partial charge in [0.15, 0.2) is 0 Å². The van der Waals surface area contributed by atoms with Crippen molar-refractivity contribution in [3.63, 3.8) is 0 Å². The van der Waals surface area contributed by atoms with Gasteiger partial charge in [-0.05, 0) is 64.0 Å². The number of piperidine rings is 1. The third-order valence-corrected chi connectivity index (χ3v) is 5.29. The van der Waals surface area contributed by atoms with Crippen LogP contribution in [-0.4, -0.2) is 46.8 Å². The van der Waals surface area contributed by atoms with Gasteiger partial charge in [-0.3, -0.25) is 4.79 Å². The number of aryl methyl sites for hydroxylation is 1. The number of hydrogen-bond acceptors (Lipinski definition) is 3. The average Bonchev–Trinajstić information content (AvgIpc) is 2.89. The summed E-state index contributed by atoms with van der Waals surface area (Å²) in [6.45, 7) is 5.77. The van der Waals surface area contributed by atoms with Crippen LogP contribution in [0.1, 0.15) is 34.6 Å². The van der Waals surface area contributed by atoms with Gasteiger partial charge in [0.05, 0.1) is 22.1 Å². The first kappa shape index (κ1) is 17.0. The van der Waals surface area contributed by atoms with Crippen molar-refractivity contribution in [1.82, 2.24) is 20.0 Å². The summed E-state index contributed by atoms with van der Waals surface area (Å²) in [4.78, 5) is 14.5. The second-order valence-corrected chi connectivity index (χ2v) is 6.72. The highest BCUT2D eigenvalue weighted by Crippen LogP contribution is 2.23. The molecule has 0 spiro atoms. The molecule has 1 saturated heterocycles. The lowest BCUT2D eigenvalue weighted by molar-refractivity contribution is 0.0703. The molecule has 1 aromatic heterocycles. The number of carbonyl (C=O) groups is 1. The third kappa shape index (κ3) is 3.19. The van der Waals surface area contributed by atoms with Crippen LogP contribution in [-0.2, 0) is 0 Å². The number of nitrogens with zero attached hydrogens (tertiary/aromatic N) is 3. The number of hydrogen-bond donors (Lipinski definition) is 1. The summed E-state index contributed by atoms with van der Waals surface area (Å²) in [6, 6.07) is 7.87. The lowest BCUT2D eigenvalue weighted by Gasteiger charge is -2.31. The van der Waals surface area contributed by atoms with Crippen LogP contribution in [0.2, 0.25) is 5.02 Å². The minimum Gasteiger partial charge on any atom is -0.339 e. The van der Waals surface area contributed by atoms with Crippen LogP contribution in [0.4, 0.5) is 0 Å². The van der Waals surface area contributed by atoms with E-state index >= 15 is 0 Å². The number of benzene rings is 1. The molecule has 6 heteroatoms. The van der Waals surface area contributed by atoms with Crippen LogP contribution < -0.4 is 5.32 Å². The Morgan fingerprint density at radius 1 is 1.25 bits per heavy atom. The van der Waals surface area contributed by atoms with Gasteiger partial charge < -0.3 is 10.2 Å². The molecular weight excluding hydrogens is 324 g/mol. The molecule has 1 aliphatic heterocycles. The molecule has 1 N–H and O–H groups in total. The number of aromatic nitrogens is 2. The number of carbonyl (C=O) groups excluding carboxylic acids is 1. The van der Waals surface area contributed by atoms with Crippen molar-refractivity contribution >= 4 is 17.5 Å². The average molecular weight is 347 g/mol. The topological polar surface area (TPSA) is 50.2 Å². The first-order chi connectivity index (χ1) is 11.5. The van der Waals surface area contributed by atoms with E-state index in [0.717, 1.165) is 43.0 Å². The molecule has 128 valence electrons. The van der Waals surface area contributed by atoms with Gasteiger partial charge >= 0.3 is 0 Å². The van der Waals surface area contributed by atoms with Crippen LogP contribution in [0.3, 0.4) is 0 Å². The molecule has 3 rings (SSSR count). The monoisotopic (exact) mass is 346 g/mol. The highest BCUT2D eigenvalue weighted by Gasteiger charge is 2.23. The molecule has 0 bridgehead atoms. The van der Waals surface area contributed by atoms with Crippen molar-refractivity contribution in [2.24, 2.45) is 0 Å². The van der Waals surface area contributed by atoms with E-state index in [0.29, 0.717) is 16.6 Å². The summed E-state index contributed by atoms with van der Waals surface area (Å²) < 4.78 is 1.81. The molecule has 0 saturated carbocycles. The predicted octanol–water partition coefficient (Wildman–Crippen LogP) is 2.97. The Kier molecular flexibility index (Phi) is 4.92. The van der Waals surface area contributed by atoms with E-state index in [-0.39, 0.29) is 5.91 Å². The van der Waals surface area contributed by atoms with Crippen molar-refractivity contribution in [2.45, 2.75) is 32.7 Å². The molecule has 2 heterocycles. The smallest absolute Gasteiger partial charge is 0.253 e. The standard InChI is InChI=1S/C18H23ClN4O/c1-12-17(19)13(2)23(21-12)16-6-4-14(5-7-16)18(24)22(3)15-8-10-20-11-9-15/h4-7,15,20H,8-11H2,1-3H3. The van der Waals surface area contributed by atoms with Gasteiger partial charge in [-0.2, -0.15) is 5.10 Å². The quantitative estimate of drug-likeness (QED) is 0.929. The van der Waals surface area contributed by atoms with Gasteiger partial charge in [0.25, 0.3) is 5.91 Å². The summed E-state index contributed by atoms with van der Waals surface area (Å²) in [5, 5.41) is 8.45. The number of rotatable bonds is 3. The Labute approximate surface area is 147 Å². The third-order valence-electron chi connectivity index (χ3n) is 4.74. The number of nitrogens with one attached hydrogen (secondary N) is 1. The molecule has 0 unspecified atom stereocenters. The van der Waals surface area contributed by atoms with Crippen LogP contribution in [0.5, 0.6) is 0 Å². The van der Waals surface area contributed by atoms with E-state index in [2.05, 4.69) is 10.4 Å². The lowest BCUT2D eigenvalue weighted by Crippen LogP contribution is -2.43. The minimum atomic E-state index is 0.0693. The molecule has 2 aromatic rings. The largest absolute Gasteiger partial charge is 0.339 e. The minimum absolute atomic E-state index is 0.0693.